The number of nitrogens with two attached hydrogens (primary N) is 2. The molecule has 0 aliphatic carbocycles. The Morgan fingerprint density at radius 3 is 2.25 bits per heavy atom. The van der Waals surface area contributed by atoms with Gasteiger partial charge in [-0.1, -0.05) is 41.9 Å². The number of hydrogen-bond acceptors (Lipinski definition) is 3. The van der Waals surface area contributed by atoms with Gasteiger partial charge in [0.25, 0.3) is 0 Å². The molecular formula is C12H18BrN3. The summed E-state index contributed by atoms with van der Waals surface area (Å²) >= 11 is 3.42. The highest BCUT2D eigenvalue weighted by molar-refractivity contribution is 9.10. The molecule has 0 aliphatic heterocycles. The van der Waals surface area contributed by atoms with Gasteiger partial charge in [0.05, 0.1) is 6.04 Å². The number of rotatable bonds is 4. The lowest BCUT2D eigenvalue weighted by molar-refractivity contribution is 0.227. The molecule has 1 aromatic rings. The van der Waals surface area contributed by atoms with Gasteiger partial charge in [0.15, 0.2) is 0 Å². The molecule has 1 unspecified atom stereocenters. The van der Waals surface area contributed by atoms with Crippen LogP contribution >= 0.6 is 15.9 Å². The van der Waals surface area contributed by atoms with Crippen LogP contribution in [0, 0.1) is 5.92 Å². The highest BCUT2D eigenvalue weighted by atomic mass is 79.9. The second-order valence-corrected chi connectivity index (χ2v) is 4.94. The number of hydrazine groups is 1. The third kappa shape index (κ3) is 3.25. The first-order valence-electron chi connectivity index (χ1n) is 5.23. The summed E-state index contributed by atoms with van der Waals surface area (Å²) < 4.78 is 1.07. The topological polar surface area (TPSA) is 55.3 Å². The molecule has 0 aliphatic rings. The lowest BCUT2D eigenvalue weighted by atomic mass is 9.96. The molecule has 1 aromatic carbocycles. The Hall–Kier alpha value is -1.00. The average molecular weight is 284 g/mol. The minimum Gasteiger partial charge on any atom is -0.403 e. The van der Waals surface area contributed by atoms with Crippen LogP contribution in [-0.2, 0) is 0 Å². The van der Waals surface area contributed by atoms with Crippen LogP contribution in [0.1, 0.15) is 25.5 Å². The zero-order valence-corrected chi connectivity index (χ0v) is 11.2. The molecule has 0 saturated heterocycles. The lowest BCUT2D eigenvalue weighted by Gasteiger charge is -2.29. The van der Waals surface area contributed by atoms with Gasteiger partial charge in [0, 0.05) is 16.9 Å². The van der Waals surface area contributed by atoms with E-state index in [4.69, 9.17) is 11.6 Å². The highest BCUT2D eigenvalue weighted by Crippen LogP contribution is 2.27. The molecule has 3 nitrogen and oxygen atoms in total. The normalized spacial score (nSPS) is 13.3. The van der Waals surface area contributed by atoms with E-state index in [1.165, 1.54) is 11.8 Å². The van der Waals surface area contributed by atoms with Crippen molar-refractivity contribution in [2.45, 2.75) is 19.9 Å². The molecule has 88 valence electrons. The monoisotopic (exact) mass is 283 g/mol. The highest BCUT2D eigenvalue weighted by Gasteiger charge is 2.19. The Morgan fingerprint density at radius 1 is 1.25 bits per heavy atom. The van der Waals surface area contributed by atoms with Crippen molar-refractivity contribution in [1.29, 1.82) is 0 Å². The first-order valence-corrected chi connectivity index (χ1v) is 6.02. The maximum atomic E-state index is 5.95. The summed E-state index contributed by atoms with van der Waals surface area (Å²) in [5.74, 6) is 6.36. The number of nitrogens with zero attached hydrogens (tertiary/aromatic N) is 1. The van der Waals surface area contributed by atoms with E-state index in [9.17, 15) is 0 Å². The van der Waals surface area contributed by atoms with Gasteiger partial charge in [-0.2, -0.15) is 0 Å². The predicted octanol–water partition coefficient (Wildman–Crippen LogP) is 2.75. The van der Waals surface area contributed by atoms with Crippen LogP contribution in [0.25, 0.3) is 0 Å². The van der Waals surface area contributed by atoms with E-state index in [0.717, 1.165) is 4.47 Å². The van der Waals surface area contributed by atoms with Gasteiger partial charge in [-0.15, -0.1) is 0 Å². The summed E-state index contributed by atoms with van der Waals surface area (Å²) in [7, 11) is 0. The third-order valence-corrected chi connectivity index (χ3v) is 2.95. The second kappa shape index (κ2) is 5.92. The number of benzene rings is 1. The Balaban J connectivity index is 2.98. The molecule has 1 atom stereocenters. The maximum Gasteiger partial charge on any atom is 0.0718 e. The predicted molar refractivity (Wildman–Crippen MR) is 71.1 cm³/mol. The summed E-state index contributed by atoms with van der Waals surface area (Å²) in [6.45, 7) is 4.27. The van der Waals surface area contributed by atoms with E-state index in [1.807, 2.05) is 12.1 Å². The fourth-order valence-corrected chi connectivity index (χ4v) is 2.02. The van der Waals surface area contributed by atoms with Crippen molar-refractivity contribution in [3.05, 3.63) is 46.7 Å². The summed E-state index contributed by atoms with van der Waals surface area (Å²) in [6, 6.07) is 8.31. The van der Waals surface area contributed by atoms with Gasteiger partial charge >= 0.3 is 0 Å². The molecule has 0 heterocycles. The van der Waals surface area contributed by atoms with Crippen molar-refractivity contribution in [2.75, 3.05) is 0 Å². The molecule has 0 radical (unpaired) electrons. The Bertz CT molecular complexity index is 346. The van der Waals surface area contributed by atoms with Crippen molar-refractivity contribution in [3.63, 3.8) is 0 Å². The molecule has 4 N–H and O–H groups in total. The van der Waals surface area contributed by atoms with Crippen LogP contribution in [0.2, 0.25) is 0 Å². The van der Waals surface area contributed by atoms with Gasteiger partial charge in [0.1, 0.15) is 0 Å². The molecule has 0 aromatic heterocycles. The zero-order chi connectivity index (χ0) is 12.1. The van der Waals surface area contributed by atoms with Crippen molar-refractivity contribution in [2.24, 2.45) is 17.5 Å². The first-order chi connectivity index (χ1) is 7.56. The van der Waals surface area contributed by atoms with E-state index in [1.54, 1.807) is 11.2 Å². The summed E-state index contributed by atoms with van der Waals surface area (Å²) in [5.41, 5.74) is 6.54. The van der Waals surface area contributed by atoms with Gasteiger partial charge < -0.3 is 10.7 Å². The van der Waals surface area contributed by atoms with E-state index in [0.29, 0.717) is 5.92 Å². The zero-order valence-electron chi connectivity index (χ0n) is 9.60. The minimum absolute atomic E-state index is 0.132. The van der Waals surface area contributed by atoms with Crippen molar-refractivity contribution in [3.8, 4) is 0 Å². The molecule has 0 saturated carbocycles. The maximum absolute atomic E-state index is 5.95. The molecular weight excluding hydrogens is 266 g/mol. The molecule has 1 rings (SSSR count). The standard InChI is InChI=1S/C12H18BrN3/c1-9(2)12(16(15)8-7-14)10-3-5-11(13)6-4-10/h3-9,12H,14-15H2,1-2H3/b8-7-. The van der Waals surface area contributed by atoms with Gasteiger partial charge in [0.2, 0.25) is 0 Å². The van der Waals surface area contributed by atoms with Crippen LogP contribution in [0.15, 0.2) is 41.1 Å². The van der Waals surface area contributed by atoms with Crippen LogP contribution in [0.4, 0.5) is 0 Å². The molecule has 0 spiro atoms. The average Bonchev–Trinajstić information content (AvgIpc) is 2.21. The van der Waals surface area contributed by atoms with Crippen molar-refractivity contribution in [1.82, 2.24) is 5.01 Å². The fourth-order valence-electron chi connectivity index (χ4n) is 1.75. The summed E-state index contributed by atoms with van der Waals surface area (Å²) in [4.78, 5) is 0. The first kappa shape index (κ1) is 13.1. The lowest BCUT2D eigenvalue weighted by Crippen LogP contribution is -2.33. The Kier molecular flexibility index (Phi) is 4.83. The largest absolute Gasteiger partial charge is 0.403 e. The molecule has 0 bridgehead atoms. The van der Waals surface area contributed by atoms with Crippen LogP contribution in [-0.4, -0.2) is 5.01 Å². The Morgan fingerprint density at radius 2 is 1.81 bits per heavy atom. The van der Waals surface area contributed by atoms with Gasteiger partial charge in [-0.25, -0.2) is 5.84 Å². The summed E-state index contributed by atoms with van der Waals surface area (Å²) in [5, 5.41) is 1.65. The second-order valence-electron chi connectivity index (χ2n) is 4.03. The molecule has 16 heavy (non-hydrogen) atoms. The quantitative estimate of drug-likeness (QED) is 0.660. The van der Waals surface area contributed by atoms with Crippen LogP contribution in [0.5, 0.6) is 0 Å². The smallest absolute Gasteiger partial charge is 0.0718 e. The molecule has 0 amide bonds. The van der Waals surface area contributed by atoms with Gasteiger partial charge in [-0.05, 0) is 23.6 Å². The van der Waals surface area contributed by atoms with E-state index in [-0.39, 0.29) is 6.04 Å². The van der Waals surface area contributed by atoms with Crippen molar-refractivity contribution < 1.29 is 0 Å². The van der Waals surface area contributed by atoms with E-state index in [2.05, 4.69) is 41.9 Å². The Labute approximate surface area is 105 Å². The van der Waals surface area contributed by atoms with Crippen LogP contribution in [0.3, 0.4) is 0 Å². The SMILES string of the molecule is CC(C)C(c1ccc(Br)cc1)N(N)/C=C\N. The van der Waals surface area contributed by atoms with E-state index >= 15 is 0 Å². The number of halogens is 1. The number of hydrogen-bond donors (Lipinski definition) is 2. The van der Waals surface area contributed by atoms with E-state index < -0.39 is 0 Å². The minimum atomic E-state index is 0.132. The fraction of sp³-hybridized carbons (Fsp3) is 0.333. The third-order valence-electron chi connectivity index (χ3n) is 2.42. The van der Waals surface area contributed by atoms with Crippen LogP contribution < -0.4 is 11.6 Å². The van der Waals surface area contributed by atoms with Crippen molar-refractivity contribution >= 4 is 15.9 Å². The molecule has 4 heteroatoms. The van der Waals surface area contributed by atoms with Gasteiger partial charge in [-0.3, -0.25) is 0 Å². The molecule has 0 fully saturated rings. The summed E-state index contributed by atoms with van der Waals surface area (Å²) in [6.07, 6.45) is 3.14.